The second-order valence-electron chi connectivity index (χ2n) is 4.92. The highest BCUT2D eigenvalue weighted by Crippen LogP contribution is 2.94. The molecule has 5 fully saturated rings. The zero-order chi connectivity index (χ0) is 8.96. The first kappa shape index (κ1) is 6.40. The van der Waals surface area contributed by atoms with Crippen LogP contribution >= 0.6 is 0 Å². The number of aliphatic hydroxyl groups is 1. The highest BCUT2D eigenvalue weighted by molar-refractivity contribution is 5.49. The van der Waals surface area contributed by atoms with E-state index >= 15 is 0 Å². The van der Waals surface area contributed by atoms with Gasteiger partial charge in [0.05, 0.1) is 29.6 Å². The van der Waals surface area contributed by atoms with Gasteiger partial charge in [-0.3, -0.25) is 0 Å². The van der Waals surface area contributed by atoms with Gasteiger partial charge in [0, 0.05) is 11.8 Å². The van der Waals surface area contributed by atoms with Crippen LogP contribution in [0.25, 0.3) is 0 Å². The van der Waals surface area contributed by atoms with Crippen molar-refractivity contribution in [1.82, 2.24) is 0 Å². The molecule has 0 radical (unpaired) electrons. The molecule has 5 rings (SSSR count). The summed E-state index contributed by atoms with van der Waals surface area (Å²) in [6, 6.07) is 4.61. The summed E-state index contributed by atoms with van der Waals surface area (Å²) in [7, 11) is 0. The van der Waals surface area contributed by atoms with Crippen LogP contribution in [0, 0.1) is 63.6 Å². The Labute approximate surface area is 75.6 Å². The summed E-state index contributed by atoms with van der Waals surface area (Å²) in [5.41, 5.74) is -0.161. The molecule has 13 heavy (non-hydrogen) atoms. The number of nitrogens with zero attached hydrogens (tertiary/aromatic N) is 2. The van der Waals surface area contributed by atoms with Gasteiger partial charge in [0.25, 0.3) is 0 Å². The first-order chi connectivity index (χ1) is 6.29. The average Bonchev–Trinajstić information content (AvgIpc) is 3.01. The fourth-order valence-electron chi connectivity index (χ4n) is 4.20. The van der Waals surface area contributed by atoms with Crippen molar-refractivity contribution in [3.63, 3.8) is 0 Å². The van der Waals surface area contributed by atoms with Crippen LogP contribution < -0.4 is 0 Å². The van der Waals surface area contributed by atoms with Gasteiger partial charge in [-0.25, -0.2) is 0 Å². The first-order valence-corrected chi connectivity index (χ1v) is 4.78. The van der Waals surface area contributed by atoms with Crippen LogP contribution in [0.15, 0.2) is 0 Å². The molecule has 2 bridgehead atoms. The maximum atomic E-state index is 9.84. The van der Waals surface area contributed by atoms with Crippen molar-refractivity contribution in [3.05, 3.63) is 0 Å². The maximum absolute atomic E-state index is 9.84. The van der Waals surface area contributed by atoms with Gasteiger partial charge in [-0.15, -0.1) is 0 Å². The maximum Gasteiger partial charge on any atom is 0.0700 e. The normalized spacial score (nSPS) is 73.9. The van der Waals surface area contributed by atoms with Crippen molar-refractivity contribution in [2.45, 2.75) is 6.10 Å². The molecule has 0 aromatic rings. The third kappa shape index (κ3) is 0.380. The van der Waals surface area contributed by atoms with Gasteiger partial charge >= 0.3 is 0 Å². The van der Waals surface area contributed by atoms with E-state index in [0.29, 0.717) is 17.8 Å². The van der Waals surface area contributed by atoms with Crippen molar-refractivity contribution in [2.24, 2.45) is 40.9 Å². The van der Waals surface area contributed by atoms with Crippen molar-refractivity contribution < 1.29 is 5.11 Å². The number of hydrogen-bond acceptors (Lipinski definition) is 3. The van der Waals surface area contributed by atoms with Crippen molar-refractivity contribution >= 4 is 0 Å². The Bertz CT molecular complexity index is 404. The van der Waals surface area contributed by atoms with Crippen LogP contribution in [-0.4, -0.2) is 11.2 Å². The SMILES string of the molecule is N#C[C@@H]1[C@H]2[C@H](O)[C@H]3[C@H]4[C@@H]([C@@H]12)[C@@]43C#N. The Morgan fingerprint density at radius 1 is 1.08 bits per heavy atom. The molecule has 5 saturated carbocycles. The molecule has 0 aromatic carbocycles. The van der Waals surface area contributed by atoms with Crippen LogP contribution in [0.1, 0.15) is 0 Å². The lowest BCUT2D eigenvalue weighted by atomic mass is 9.81. The minimum absolute atomic E-state index is 0.0604. The summed E-state index contributed by atoms with van der Waals surface area (Å²) in [4.78, 5) is 0. The molecule has 5 aliphatic carbocycles. The topological polar surface area (TPSA) is 67.8 Å². The monoisotopic (exact) mass is 172 g/mol. The Kier molecular flexibility index (Phi) is 0.682. The fourth-order valence-corrected chi connectivity index (χ4v) is 4.20. The minimum Gasteiger partial charge on any atom is -0.392 e. The molecule has 0 aliphatic heterocycles. The molecule has 1 N–H and O–H groups in total. The molecule has 0 heterocycles. The Morgan fingerprint density at radius 3 is 2.38 bits per heavy atom. The molecule has 0 unspecified atom stereocenters. The van der Waals surface area contributed by atoms with Crippen LogP contribution in [0.3, 0.4) is 0 Å². The van der Waals surface area contributed by atoms with E-state index in [1.165, 1.54) is 0 Å². The van der Waals surface area contributed by atoms with E-state index in [1.807, 2.05) is 0 Å². The fraction of sp³-hybridized carbons (Fsp3) is 0.800. The van der Waals surface area contributed by atoms with Crippen LogP contribution in [0.5, 0.6) is 0 Å². The third-order valence-corrected chi connectivity index (χ3v) is 4.86. The summed E-state index contributed by atoms with van der Waals surface area (Å²) in [5, 5.41) is 27.6. The summed E-state index contributed by atoms with van der Waals surface area (Å²) in [6.45, 7) is 0. The van der Waals surface area contributed by atoms with E-state index < -0.39 is 0 Å². The van der Waals surface area contributed by atoms with E-state index in [1.54, 1.807) is 0 Å². The summed E-state index contributed by atoms with van der Waals surface area (Å²) < 4.78 is 0. The van der Waals surface area contributed by atoms with Crippen molar-refractivity contribution in [3.8, 4) is 12.1 Å². The molecule has 3 heteroatoms. The molecule has 64 valence electrons. The van der Waals surface area contributed by atoms with E-state index in [4.69, 9.17) is 10.5 Å². The van der Waals surface area contributed by atoms with Crippen molar-refractivity contribution in [2.75, 3.05) is 0 Å². The Hall–Kier alpha value is -1.06. The van der Waals surface area contributed by atoms with E-state index in [9.17, 15) is 5.11 Å². The largest absolute Gasteiger partial charge is 0.392 e. The summed E-state index contributed by atoms with van der Waals surface area (Å²) >= 11 is 0. The average molecular weight is 172 g/mol. The van der Waals surface area contributed by atoms with Gasteiger partial charge in [-0.2, -0.15) is 10.5 Å². The Morgan fingerprint density at radius 2 is 1.85 bits per heavy atom. The van der Waals surface area contributed by atoms with Gasteiger partial charge in [0.15, 0.2) is 0 Å². The quantitative estimate of drug-likeness (QED) is 0.564. The second-order valence-corrected chi connectivity index (χ2v) is 4.92. The lowest BCUT2D eigenvalue weighted by Gasteiger charge is -2.25. The molecule has 0 spiro atoms. The third-order valence-electron chi connectivity index (χ3n) is 4.86. The minimum atomic E-state index is -0.343. The van der Waals surface area contributed by atoms with Crippen LogP contribution in [0.4, 0.5) is 0 Å². The smallest absolute Gasteiger partial charge is 0.0700 e. The zero-order valence-electron chi connectivity index (χ0n) is 6.88. The zero-order valence-corrected chi connectivity index (χ0v) is 6.88. The van der Waals surface area contributed by atoms with Crippen LogP contribution in [0.2, 0.25) is 0 Å². The summed E-state index contributed by atoms with van der Waals surface area (Å²) in [5.74, 6) is 1.84. The van der Waals surface area contributed by atoms with E-state index in [0.717, 1.165) is 0 Å². The highest BCUT2D eigenvalue weighted by atomic mass is 16.3. The lowest BCUT2D eigenvalue weighted by Crippen LogP contribution is -2.31. The first-order valence-electron chi connectivity index (χ1n) is 4.78. The Balaban J connectivity index is 1.76. The number of hydrogen-bond donors (Lipinski definition) is 1. The van der Waals surface area contributed by atoms with Crippen molar-refractivity contribution in [1.29, 1.82) is 10.5 Å². The number of nitriles is 2. The molecular weight excluding hydrogens is 164 g/mol. The van der Waals surface area contributed by atoms with Gasteiger partial charge in [-0.05, 0) is 17.8 Å². The van der Waals surface area contributed by atoms with Crippen LogP contribution in [-0.2, 0) is 0 Å². The lowest BCUT2D eigenvalue weighted by molar-refractivity contribution is 0.0493. The predicted octanol–water partition coefficient (Wildman–Crippen LogP) is 0.132. The summed E-state index contributed by atoms with van der Waals surface area (Å²) in [6.07, 6.45) is -0.343. The predicted molar refractivity (Wildman–Crippen MR) is 40.6 cm³/mol. The number of rotatable bonds is 0. The number of aliphatic hydroxyl groups excluding tert-OH is 1. The van der Waals surface area contributed by atoms with Gasteiger partial charge < -0.3 is 5.11 Å². The molecular formula is C10H8N2O. The molecule has 0 aromatic heterocycles. The second kappa shape index (κ2) is 1.38. The van der Waals surface area contributed by atoms with Gasteiger partial charge in [-0.1, -0.05) is 0 Å². The molecule has 3 nitrogen and oxygen atoms in total. The molecule has 8 atom stereocenters. The molecule has 0 saturated heterocycles. The van der Waals surface area contributed by atoms with Gasteiger partial charge in [0.2, 0.25) is 0 Å². The van der Waals surface area contributed by atoms with E-state index in [2.05, 4.69) is 12.1 Å². The van der Waals surface area contributed by atoms with Gasteiger partial charge in [0.1, 0.15) is 0 Å². The highest BCUT2D eigenvalue weighted by Gasteiger charge is 2.97. The standard InChI is InChI=1S/C10H8N2O/c11-1-3-4-5(3)9(13)8-7-6(4)10(7,8)2-12/h3-9,13H/t3-,4-,5+,6+,7+,8+,9-,10-/m0/s1. The molecule has 5 aliphatic rings. The van der Waals surface area contributed by atoms with E-state index in [-0.39, 0.29) is 29.3 Å². The molecule has 0 amide bonds.